The van der Waals surface area contributed by atoms with Crippen molar-refractivity contribution >= 4 is 37.8 Å². The Labute approximate surface area is 184 Å². The Hall–Kier alpha value is -2.39. The average molecular weight is 495 g/mol. The van der Waals surface area contributed by atoms with Gasteiger partial charge in [-0.2, -0.15) is 0 Å². The van der Waals surface area contributed by atoms with Gasteiger partial charge in [-0.15, -0.1) is 0 Å². The Kier molecular flexibility index (Phi) is 6.82. The van der Waals surface area contributed by atoms with Crippen LogP contribution in [0, 0.1) is 5.92 Å². The quantitative estimate of drug-likeness (QED) is 0.638. The van der Waals surface area contributed by atoms with Crippen molar-refractivity contribution in [2.75, 3.05) is 13.7 Å². The van der Waals surface area contributed by atoms with Crippen molar-refractivity contribution in [2.24, 2.45) is 5.92 Å². The topological polar surface area (TPSA) is 92.8 Å². The molecular weight excluding hydrogens is 472 g/mol. The van der Waals surface area contributed by atoms with Crippen LogP contribution in [0.2, 0.25) is 0 Å². The Morgan fingerprint density at radius 3 is 2.63 bits per heavy atom. The number of hydrogen-bond acceptors (Lipinski definition) is 5. The minimum absolute atomic E-state index is 0.0125. The molecule has 3 rings (SSSR count). The maximum atomic E-state index is 12.6. The standard InChI is InChI=1S/C21H23BrN2O5S/c1-14(15-6-4-3-5-7-15)24-12-16(11-20(24)25)21(26)23-30(27,28)13-17-10-18(29-2)8-9-19(17)22/h3-10,14,16H,11-13H2,1-2H3,(H,23,26). The Morgan fingerprint density at radius 1 is 1.27 bits per heavy atom. The summed E-state index contributed by atoms with van der Waals surface area (Å²) < 4.78 is 32.9. The highest BCUT2D eigenvalue weighted by atomic mass is 79.9. The van der Waals surface area contributed by atoms with Gasteiger partial charge in [-0.25, -0.2) is 8.42 Å². The number of likely N-dealkylation sites (tertiary alicyclic amines) is 1. The number of methoxy groups -OCH3 is 1. The summed E-state index contributed by atoms with van der Waals surface area (Å²) in [5.41, 5.74) is 1.43. The number of benzene rings is 2. The highest BCUT2D eigenvalue weighted by Crippen LogP contribution is 2.29. The fourth-order valence-electron chi connectivity index (χ4n) is 3.46. The van der Waals surface area contributed by atoms with Gasteiger partial charge in [-0.3, -0.25) is 14.3 Å². The van der Waals surface area contributed by atoms with Crippen LogP contribution in [0.25, 0.3) is 0 Å². The summed E-state index contributed by atoms with van der Waals surface area (Å²) >= 11 is 3.31. The van der Waals surface area contributed by atoms with Crippen LogP contribution < -0.4 is 9.46 Å². The van der Waals surface area contributed by atoms with Gasteiger partial charge < -0.3 is 9.64 Å². The van der Waals surface area contributed by atoms with Gasteiger partial charge in [0.1, 0.15) is 5.75 Å². The maximum Gasteiger partial charge on any atom is 0.239 e. The summed E-state index contributed by atoms with van der Waals surface area (Å²) in [5, 5.41) is 0. The first-order valence-corrected chi connectivity index (χ1v) is 11.9. The van der Waals surface area contributed by atoms with E-state index in [9.17, 15) is 18.0 Å². The van der Waals surface area contributed by atoms with E-state index in [-0.39, 0.29) is 30.7 Å². The largest absolute Gasteiger partial charge is 0.497 e. The van der Waals surface area contributed by atoms with Gasteiger partial charge in [0.15, 0.2) is 0 Å². The second-order valence-electron chi connectivity index (χ2n) is 7.22. The molecule has 2 aromatic carbocycles. The fraction of sp³-hybridized carbons (Fsp3) is 0.333. The van der Waals surface area contributed by atoms with Gasteiger partial charge in [0.2, 0.25) is 21.8 Å². The van der Waals surface area contributed by atoms with Gasteiger partial charge in [-0.1, -0.05) is 46.3 Å². The highest BCUT2D eigenvalue weighted by molar-refractivity contribution is 9.10. The van der Waals surface area contributed by atoms with Gasteiger partial charge in [0.05, 0.1) is 24.8 Å². The molecule has 2 atom stereocenters. The predicted molar refractivity (Wildman–Crippen MR) is 116 cm³/mol. The fourth-order valence-corrected chi connectivity index (χ4v) is 5.23. The number of amides is 2. The molecule has 2 amide bonds. The number of hydrogen-bond donors (Lipinski definition) is 1. The van der Waals surface area contributed by atoms with Crippen molar-refractivity contribution in [1.29, 1.82) is 0 Å². The number of nitrogens with one attached hydrogen (secondary N) is 1. The molecule has 160 valence electrons. The molecule has 30 heavy (non-hydrogen) atoms. The molecule has 1 N–H and O–H groups in total. The first kappa shape index (κ1) is 22.3. The molecule has 0 bridgehead atoms. The predicted octanol–water partition coefficient (Wildman–Crippen LogP) is 3.01. The lowest BCUT2D eigenvalue weighted by atomic mass is 10.1. The van der Waals surface area contributed by atoms with E-state index in [1.807, 2.05) is 37.3 Å². The van der Waals surface area contributed by atoms with Crippen LogP contribution in [0.5, 0.6) is 5.75 Å². The van der Waals surface area contributed by atoms with E-state index in [2.05, 4.69) is 20.7 Å². The normalized spacial score (nSPS) is 17.6. The maximum absolute atomic E-state index is 12.6. The smallest absolute Gasteiger partial charge is 0.239 e. The zero-order valence-corrected chi connectivity index (χ0v) is 19.1. The number of halogens is 1. The minimum Gasteiger partial charge on any atom is -0.497 e. The van der Waals surface area contributed by atoms with Gasteiger partial charge in [0.25, 0.3) is 0 Å². The van der Waals surface area contributed by atoms with Crippen molar-refractivity contribution < 1.29 is 22.7 Å². The Morgan fingerprint density at radius 2 is 1.97 bits per heavy atom. The number of sulfonamides is 1. The van der Waals surface area contributed by atoms with Crippen LogP contribution in [0.4, 0.5) is 0 Å². The van der Waals surface area contributed by atoms with Crippen LogP contribution in [0.15, 0.2) is 53.0 Å². The van der Waals surface area contributed by atoms with Crippen LogP contribution in [-0.2, 0) is 25.4 Å². The number of ether oxygens (including phenoxy) is 1. The third-order valence-corrected chi connectivity index (χ3v) is 7.11. The molecule has 0 aromatic heterocycles. The lowest BCUT2D eigenvalue weighted by molar-refractivity contribution is -0.130. The number of carbonyl (C=O) groups excluding carboxylic acids is 2. The van der Waals surface area contributed by atoms with Crippen molar-refractivity contribution in [1.82, 2.24) is 9.62 Å². The summed E-state index contributed by atoms with van der Waals surface area (Å²) in [5.74, 6) is -1.42. The summed E-state index contributed by atoms with van der Waals surface area (Å²) in [4.78, 5) is 26.7. The van der Waals surface area contributed by atoms with Crippen molar-refractivity contribution in [3.05, 3.63) is 64.1 Å². The zero-order valence-electron chi connectivity index (χ0n) is 16.7. The highest BCUT2D eigenvalue weighted by Gasteiger charge is 2.38. The summed E-state index contributed by atoms with van der Waals surface area (Å²) in [6.07, 6.45) is -0.0125. The van der Waals surface area contributed by atoms with E-state index in [4.69, 9.17) is 4.74 Å². The van der Waals surface area contributed by atoms with Crippen LogP contribution in [0.1, 0.15) is 30.5 Å². The molecule has 2 unspecified atom stereocenters. The molecule has 1 heterocycles. The molecule has 1 saturated heterocycles. The average Bonchev–Trinajstić information content (AvgIpc) is 3.11. The first-order chi connectivity index (χ1) is 14.2. The van der Waals surface area contributed by atoms with E-state index in [0.717, 1.165) is 5.56 Å². The van der Waals surface area contributed by atoms with Crippen molar-refractivity contribution in [2.45, 2.75) is 25.1 Å². The number of carbonyl (C=O) groups is 2. The van der Waals surface area contributed by atoms with Crippen LogP contribution in [-0.4, -0.2) is 38.8 Å². The molecule has 0 aliphatic carbocycles. The van der Waals surface area contributed by atoms with Crippen molar-refractivity contribution in [3.8, 4) is 5.75 Å². The monoisotopic (exact) mass is 494 g/mol. The van der Waals surface area contributed by atoms with Crippen molar-refractivity contribution in [3.63, 3.8) is 0 Å². The Balaban J connectivity index is 1.66. The number of rotatable bonds is 7. The van der Waals surface area contributed by atoms with Crippen LogP contribution >= 0.6 is 15.9 Å². The molecule has 9 heteroatoms. The van der Waals surface area contributed by atoms with Crippen LogP contribution in [0.3, 0.4) is 0 Å². The van der Waals surface area contributed by atoms with Gasteiger partial charge in [0, 0.05) is 17.4 Å². The van der Waals surface area contributed by atoms with Gasteiger partial charge in [-0.05, 0) is 36.2 Å². The molecule has 1 aliphatic rings. The number of nitrogens with zero attached hydrogens (tertiary/aromatic N) is 1. The van der Waals surface area contributed by atoms with E-state index in [1.165, 1.54) is 7.11 Å². The molecule has 0 spiro atoms. The van der Waals surface area contributed by atoms with E-state index in [1.54, 1.807) is 23.1 Å². The molecule has 0 saturated carbocycles. The van der Waals surface area contributed by atoms with Gasteiger partial charge >= 0.3 is 0 Å². The second-order valence-corrected chi connectivity index (χ2v) is 9.79. The summed E-state index contributed by atoms with van der Waals surface area (Å²) in [6, 6.07) is 14.3. The molecule has 1 aliphatic heterocycles. The van der Waals surface area contributed by atoms with E-state index in [0.29, 0.717) is 15.8 Å². The SMILES string of the molecule is COc1ccc(Br)c(CS(=O)(=O)NC(=O)C2CC(=O)N(C(C)c3ccccc3)C2)c1. The van der Waals surface area contributed by atoms with E-state index >= 15 is 0 Å². The van der Waals surface area contributed by atoms with E-state index < -0.39 is 21.8 Å². The summed E-state index contributed by atoms with van der Waals surface area (Å²) in [6.45, 7) is 2.07. The zero-order chi connectivity index (χ0) is 21.9. The molecule has 0 radical (unpaired) electrons. The third-order valence-electron chi connectivity index (χ3n) is 5.13. The molecule has 2 aromatic rings. The lowest BCUT2D eigenvalue weighted by Crippen LogP contribution is -2.38. The molecule has 7 nitrogen and oxygen atoms in total. The first-order valence-electron chi connectivity index (χ1n) is 9.41. The molecular formula is C21H23BrN2O5S. The summed E-state index contributed by atoms with van der Waals surface area (Å²) in [7, 11) is -2.45. The Bertz CT molecular complexity index is 1040. The minimum atomic E-state index is -3.94. The third kappa shape index (κ3) is 5.20. The lowest BCUT2D eigenvalue weighted by Gasteiger charge is -2.25. The molecule has 1 fully saturated rings. The second kappa shape index (κ2) is 9.18.